The molecule has 1 aliphatic heterocycles. The van der Waals surface area contributed by atoms with Crippen LogP contribution in [0.3, 0.4) is 0 Å². The Labute approximate surface area is 175 Å². The second-order valence-corrected chi connectivity index (χ2v) is 9.20. The molecule has 0 radical (unpaired) electrons. The predicted molar refractivity (Wildman–Crippen MR) is 111 cm³/mol. The molecule has 0 aromatic heterocycles. The Kier molecular flexibility index (Phi) is 5.48. The molecular formula is C21H23N3O5S. The first-order valence-corrected chi connectivity index (χ1v) is 11.3. The van der Waals surface area contributed by atoms with Crippen molar-refractivity contribution in [3.05, 3.63) is 59.2 Å². The van der Waals surface area contributed by atoms with Gasteiger partial charge in [-0.15, -0.1) is 0 Å². The van der Waals surface area contributed by atoms with Crippen LogP contribution in [-0.4, -0.2) is 39.6 Å². The second-order valence-electron chi connectivity index (χ2n) is 7.49. The highest BCUT2D eigenvalue weighted by Gasteiger charge is 2.28. The minimum absolute atomic E-state index is 0.00579. The number of sulfonamides is 1. The molecule has 0 atom stereocenters. The number of nitrogens with zero attached hydrogens (tertiary/aromatic N) is 1. The van der Waals surface area contributed by atoms with E-state index in [-0.39, 0.29) is 29.5 Å². The molecule has 8 nitrogen and oxygen atoms in total. The quantitative estimate of drug-likeness (QED) is 0.703. The van der Waals surface area contributed by atoms with Gasteiger partial charge in [-0.3, -0.25) is 9.69 Å². The minimum atomic E-state index is -3.64. The van der Waals surface area contributed by atoms with Crippen molar-refractivity contribution in [1.82, 2.24) is 10.0 Å². The number of nitrogens with one attached hydrogen (secondary N) is 2. The van der Waals surface area contributed by atoms with E-state index in [0.29, 0.717) is 30.0 Å². The number of anilines is 1. The monoisotopic (exact) mass is 429 g/mol. The fourth-order valence-corrected chi connectivity index (χ4v) is 4.57. The van der Waals surface area contributed by atoms with Gasteiger partial charge in [-0.1, -0.05) is 18.2 Å². The van der Waals surface area contributed by atoms with Crippen molar-refractivity contribution in [2.75, 3.05) is 18.1 Å². The van der Waals surface area contributed by atoms with Crippen LogP contribution in [0.15, 0.2) is 47.4 Å². The summed E-state index contributed by atoms with van der Waals surface area (Å²) in [5.74, 6) is -0.359. The molecular weight excluding hydrogens is 406 g/mol. The van der Waals surface area contributed by atoms with Gasteiger partial charge in [0.1, 0.15) is 6.61 Å². The van der Waals surface area contributed by atoms with Crippen molar-refractivity contribution in [2.45, 2.75) is 37.2 Å². The van der Waals surface area contributed by atoms with E-state index in [1.54, 1.807) is 13.0 Å². The maximum absolute atomic E-state index is 12.7. The first-order valence-electron chi connectivity index (χ1n) is 9.78. The number of rotatable bonds is 7. The van der Waals surface area contributed by atoms with E-state index in [1.807, 2.05) is 24.3 Å². The highest BCUT2D eigenvalue weighted by atomic mass is 32.2. The van der Waals surface area contributed by atoms with Crippen LogP contribution in [0.25, 0.3) is 0 Å². The highest BCUT2D eigenvalue weighted by molar-refractivity contribution is 7.89. The van der Waals surface area contributed by atoms with Crippen molar-refractivity contribution in [3.8, 4) is 0 Å². The standard InChI is InChI=1S/C21H23N3O5S/c1-14-5-8-18(30(27,28)23-16-6-7-16)12-19(14)20(25)22-13-15-3-2-4-17(11-15)24-9-10-29-21(24)26/h2-5,8,11-12,16,23H,6-7,9-10,13H2,1H3,(H,22,25). The molecule has 0 bridgehead atoms. The van der Waals surface area contributed by atoms with E-state index in [4.69, 9.17) is 4.74 Å². The third kappa shape index (κ3) is 4.47. The first kappa shape index (κ1) is 20.4. The number of carbonyl (C=O) groups is 2. The van der Waals surface area contributed by atoms with Crippen LogP contribution in [0.5, 0.6) is 0 Å². The fourth-order valence-electron chi connectivity index (χ4n) is 3.24. The average molecular weight is 429 g/mol. The van der Waals surface area contributed by atoms with Crippen LogP contribution < -0.4 is 14.9 Å². The lowest BCUT2D eigenvalue weighted by molar-refractivity contribution is 0.0950. The third-order valence-corrected chi connectivity index (χ3v) is 6.62. The van der Waals surface area contributed by atoms with Gasteiger partial charge in [0, 0.05) is 23.8 Å². The normalized spacial score (nSPS) is 16.4. The summed E-state index contributed by atoms with van der Waals surface area (Å²) in [6, 6.07) is 11.8. The average Bonchev–Trinajstić information content (AvgIpc) is 3.42. The Morgan fingerprint density at radius 2 is 2.00 bits per heavy atom. The lowest BCUT2D eigenvalue weighted by Crippen LogP contribution is -2.27. The van der Waals surface area contributed by atoms with Crippen LogP contribution in [0.2, 0.25) is 0 Å². The van der Waals surface area contributed by atoms with Crippen molar-refractivity contribution in [1.29, 1.82) is 0 Å². The molecule has 2 aliphatic rings. The first-order chi connectivity index (χ1) is 14.3. The molecule has 4 rings (SSSR count). The van der Waals surface area contributed by atoms with Gasteiger partial charge in [-0.25, -0.2) is 17.9 Å². The number of aryl methyl sites for hydroxylation is 1. The highest BCUT2D eigenvalue weighted by Crippen LogP contribution is 2.24. The van der Waals surface area contributed by atoms with Crippen molar-refractivity contribution < 1.29 is 22.7 Å². The summed E-state index contributed by atoms with van der Waals surface area (Å²) < 4.78 is 32.5. The van der Waals surface area contributed by atoms with Crippen molar-refractivity contribution >= 4 is 27.7 Å². The van der Waals surface area contributed by atoms with Gasteiger partial charge in [0.05, 0.1) is 11.4 Å². The molecule has 0 unspecified atom stereocenters. The largest absolute Gasteiger partial charge is 0.447 e. The molecule has 0 spiro atoms. The van der Waals surface area contributed by atoms with Gasteiger partial charge in [0.2, 0.25) is 10.0 Å². The number of hydrogen-bond donors (Lipinski definition) is 2. The Morgan fingerprint density at radius 1 is 1.20 bits per heavy atom. The summed E-state index contributed by atoms with van der Waals surface area (Å²) in [7, 11) is -3.64. The maximum Gasteiger partial charge on any atom is 0.414 e. The van der Waals surface area contributed by atoms with E-state index in [1.165, 1.54) is 17.0 Å². The molecule has 30 heavy (non-hydrogen) atoms. The minimum Gasteiger partial charge on any atom is -0.447 e. The number of amides is 2. The molecule has 1 saturated carbocycles. The molecule has 9 heteroatoms. The maximum atomic E-state index is 12.7. The summed E-state index contributed by atoms with van der Waals surface area (Å²) >= 11 is 0. The van der Waals surface area contributed by atoms with Gasteiger partial charge in [0.25, 0.3) is 5.91 Å². The van der Waals surface area contributed by atoms with Crippen molar-refractivity contribution in [2.24, 2.45) is 0 Å². The van der Waals surface area contributed by atoms with E-state index in [2.05, 4.69) is 10.0 Å². The summed E-state index contributed by atoms with van der Waals surface area (Å²) in [5.41, 5.74) is 2.52. The zero-order chi connectivity index (χ0) is 21.3. The Bertz CT molecular complexity index is 1100. The summed E-state index contributed by atoms with van der Waals surface area (Å²) in [5, 5.41) is 2.83. The molecule has 2 N–H and O–H groups in total. The van der Waals surface area contributed by atoms with Crippen LogP contribution in [0.1, 0.15) is 34.3 Å². The van der Waals surface area contributed by atoms with E-state index in [9.17, 15) is 18.0 Å². The summed E-state index contributed by atoms with van der Waals surface area (Å²) in [4.78, 5) is 26.1. The number of carbonyl (C=O) groups excluding carboxylic acids is 2. The molecule has 2 amide bonds. The number of cyclic esters (lactones) is 1. The van der Waals surface area contributed by atoms with Gasteiger partial charge in [-0.05, 0) is 55.2 Å². The summed E-state index contributed by atoms with van der Waals surface area (Å²) in [6.07, 6.45) is 1.30. The van der Waals surface area contributed by atoms with Crippen LogP contribution in [0.4, 0.5) is 10.5 Å². The van der Waals surface area contributed by atoms with E-state index >= 15 is 0 Å². The molecule has 1 saturated heterocycles. The molecule has 2 aromatic rings. The van der Waals surface area contributed by atoms with Gasteiger partial charge >= 0.3 is 6.09 Å². The van der Waals surface area contributed by atoms with Crippen LogP contribution in [-0.2, 0) is 21.3 Å². The van der Waals surface area contributed by atoms with Gasteiger partial charge in [-0.2, -0.15) is 0 Å². The second kappa shape index (κ2) is 8.08. The van der Waals surface area contributed by atoms with Gasteiger partial charge < -0.3 is 10.1 Å². The topological polar surface area (TPSA) is 105 Å². The smallest absolute Gasteiger partial charge is 0.414 e. The Morgan fingerprint density at radius 3 is 2.70 bits per heavy atom. The Hall–Kier alpha value is -2.91. The van der Waals surface area contributed by atoms with Crippen LogP contribution in [0, 0.1) is 6.92 Å². The lowest BCUT2D eigenvalue weighted by Gasteiger charge is -2.14. The molecule has 1 aliphatic carbocycles. The number of benzene rings is 2. The van der Waals surface area contributed by atoms with E-state index < -0.39 is 10.0 Å². The molecule has 1 heterocycles. The molecule has 2 fully saturated rings. The van der Waals surface area contributed by atoms with Crippen molar-refractivity contribution in [3.63, 3.8) is 0 Å². The number of ether oxygens (including phenoxy) is 1. The zero-order valence-electron chi connectivity index (χ0n) is 16.6. The third-order valence-electron chi connectivity index (χ3n) is 5.10. The SMILES string of the molecule is Cc1ccc(S(=O)(=O)NC2CC2)cc1C(=O)NCc1cccc(N2CCOC2=O)c1. The zero-order valence-corrected chi connectivity index (χ0v) is 17.4. The summed E-state index contributed by atoms with van der Waals surface area (Å²) in [6.45, 7) is 2.85. The van der Waals surface area contributed by atoms with Gasteiger partial charge in [0.15, 0.2) is 0 Å². The fraction of sp³-hybridized carbons (Fsp3) is 0.333. The Balaban J connectivity index is 1.46. The predicted octanol–water partition coefficient (Wildman–Crippen LogP) is 2.32. The lowest BCUT2D eigenvalue weighted by atomic mass is 10.1. The van der Waals surface area contributed by atoms with E-state index in [0.717, 1.165) is 18.4 Å². The molecule has 2 aromatic carbocycles. The van der Waals surface area contributed by atoms with Crippen LogP contribution >= 0.6 is 0 Å². The number of hydrogen-bond acceptors (Lipinski definition) is 5. The molecule has 158 valence electrons.